The Morgan fingerprint density at radius 1 is 1.64 bits per heavy atom. The molecule has 0 saturated carbocycles. The Morgan fingerprint density at radius 3 is 2.18 bits per heavy atom. The lowest BCUT2D eigenvalue weighted by Crippen LogP contribution is -2.32. The van der Waals surface area contributed by atoms with Gasteiger partial charge in [0.25, 0.3) is 0 Å². The zero-order valence-corrected chi connectivity index (χ0v) is 7.77. The van der Waals surface area contributed by atoms with Crippen molar-refractivity contribution in [3.63, 3.8) is 0 Å². The topological polar surface area (TPSA) is 52.7 Å². The first kappa shape index (κ1) is 9.11. The fraction of sp³-hybridized carbons (Fsp3) is 1.00. The normalized spacial score (nSPS) is 25.0. The van der Waals surface area contributed by atoms with E-state index in [9.17, 15) is 9.46 Å². The molecule has 0 N–H and O–H groups in total. The lowest BCUT2D eigenvalue weighted by molar-refractivity contribution is -0.170. The van der Waals surface area contributed by atoms with Crippen molar-refractivity contribution in [3.8, 4) is 0 Å². The van der Waals surface area contributed by atoms with Crippen molar-refractivity contribution in [2.24, 2.45) is 0 Å². The van der Waals surface area contributed by atoms with Crippen LogP contribution in [0.1, 0.15) is 26.7 Å². The van der Waals surface area contributed by atoms with Crippen molar-refractivity contribution >= 4 is 8.03 Å². The van der Waals surface area contributed by atoms with Gasteiger partial charge in [-0.25, -0.2) is 0 Å². The molecule has 0 radical (unpaired) electrons. The quantitative estimate of drug-likeness (QED) is 0.475. The van der Waals surface area contributed by atoms with Crippen LogP contribution in [0.5, 0.6) is 0 Å². The van der Waals surface area contributed by atoms with Gasteiger partial charge in [-0.2, -0.15) is 0 Å². The Labute approximate surface area is 67.6 Å². The highest BCUT2D eigenvalue weighted by Gasteiger charge is 2.54. The van der Waals surface area contributed by atoms with Gasteiger partial charge in [-0.15, -0.1) is 0 Å². The summed E-state index contributed by atoms with van der Waals surface area (Å²) in [4.78, 5) is 10.9. The highest BCUT2D eigenvalue weighted by Crippen LogP contribution is 2.46. The largest absolute Gasteiger partial charge is 0.595 e. The van der Waals surface area contributed by atoms with E-state index in [0.29, 0.717) is 19.4 Å². The molecular weight excluding hydrogens is 163 g/mol. The number of hydrogen-bond donors (Lipinski definition) is 0. The third-order valence-electron chi connectivity index (χ3n) is 2.52. The maximum atomic E-state index is 10.9. The molecule has 1 heterocycles. The first-order valence-electron chi connectivity index (χ1n) is 3.93. The molecule has 0 bridgehead atoms. The lowest BCUT2D eigenvalue weighted by atomic mass is 9.99. The van der Waals surface area contributed by atoms with E-state index in [1.165, 1.54) is 0 Å². The summed E-state index contributed by atoms with van der Waals surface area (Å²) < 4.78 is 16.0. The van der Waals surface area contributed by atoms with Crippen molar-refractivity contribution in [2.75, 3.05) is 6.61 Å². The van der Waals surface area contributed by atoms with Crippen LogP contribution in [0.15, 0.2) is 0 Å². The van der Waals surface area contributed by atoms with Crippen LogP contribution < -0.4 is 4.89 Å². The summed E-state index contributed by atoms with van der Waals surface area (Å²) in [5, 5.41) is -0.574. The molecule has 1 aliphatic rings. The van der Waals surface area contributed by atoms with Crippen LogP contribution in [0.3, 0.4) is 0 Å². The van der Waals surface area contributed by atoms with E-state index in [0.717, 1.165) is 0 Å². The molecule has 3 nitrogen and oxygen atoms in total. The molecule has 0 amide bonds. The molecule has 0 aromatic heterocycles. The molecule has 0 spiro atoms. The number of rotatable bonds is 4. The van der Waals surface area contributed by atoms with Crippen molar-refractivity contribution in [2.45, 2.75) is 37.9 Å². The van der Waals surface area contributed by atoms with Crippen LogP contribution in [0.2, 0.25) is 0 Å². The van der Waals surface area contributed by atoms with Crippen LogP contribution in [0, 0.1) is 0 Å². The van der Waals surface area contributed by atoms with Gasteiger partial charge in [-0.3, -0.25) is 0 Å². The Balaban J connectivity index is 2.73. The molecule has 11 heavy (non-hydrogen) atoms. The molecule has 1 saturated heterocycles. The molecule has 2 atom stereocenters. The van der Waals surface area contributed by atoms with Crippen LogP contribution >= 0.6 is 8.03 Å². The van der Waals surface area contributed by atoms with Crippen molar-refractivity contribution in [3.05, 3.63) is 0 Å². The summed E-state index contributed by atoms with van der Waals surface area (Å²) in [7, 11) is -2.35. The maximum absolute atomic E-state index is 10.9. The van der Waals surface area contributed by atoms with E-state index in [2.05, 4.69) is 0 Å². The van der Waals surface area contributed by atoms with E-state index < -0.39 is 13.2 Å². The zero-order valence-electron chi connectivity index (χ0n) is 6.87. The van der Waals surface area contributed by atoms with Crippen LogP contribution in [-0.4, -0.2) is 17.9 Å². The third kappa shape index (κ3) is 1.46. The van der Waals surface area contributed by atoms with Gasteiger partial charge in [0.2, 0.25) is 0 Å². The van der Waals surface area contributed by atoms with Gasteiger partial charge in [-0.05, 0) is 12.8 Å². The third-order valence-corrected chi connectivity index (χ3v) is 4.17. The van der Waals surface area contributed by atoms with E-state index in [1.54, 1.807) is 0 Å². The summed E-state index contributed by atoms with van der Waals surface area (Å²) in [5.41, 5.74) is 0. The fourth-order valence-electron chi connectivity index (χ4n) is 1.44. The Hall–Kier alpha value is 0.0200. The molecule has 4 heteroatoms. The van der Waals surface area contributed by atoms with Gasteiger partial charge in [0.15, 0.2) is 5.16 Å². The SMILES string of the molecule is CCC(CC)(C1CO1)[P+](=O)[O-]. The van der Waals surface area contributed by atoms with Gasteiger partial charge in [0, 0.05) is 0 Å². The number of ether oxygens (including phenoxy) is 1. The van der Waals surface area contributed by atoms with Crippen molar-refractivity contribution in [1.29, 1.82) is 0 Å². The molecule has 0 aromatic carbocycles. The molecular formula is C7H13O3P. The Kier molecular flexibility index (Phi) is 2.63. The van der Waals surface area contributed by atoms with Gasteiger partial charge < -0.3 is 9.63 Å². The Morgan fingerprint density at radius 2 is 2.09 bits per heavy atom. The van der Waals surface area contributed by atoms with Gasteiger partial charge in [0.1, 0.15) is 6.10 Å². The monoisotopic (exact) mass is 176 g/mol. The van der Waals surface area contributed by atoms with E-state index >= 15 is 0 Å². The molecule has 1 fully saturated rings. The Bertz CT molecular complexity index is 161. The molecule has 1 rings (SSSR count). The molecule has 0 aliphatic carbocycles. The predicted octanol–water partition coefficient (Wildman–Crippen LogP) is 1.05. The summed E-state index contributed by atoms with van der Waals surface area (Å²) in [6.07, 6.45) is 1.29. The maximum Gasteiger partial charge on any atom is 0.318 e. The number of hydrogen-bond acceptors (Lipinski definition) is 3. The average molecular weight is 176 g/mol. The summed E-state index contributed by atoms with van der Waals surface area (Å²) in [5.74, 6) is 0. The minimum Gasteiger partial charge on any atom is -0.595 e. The van der Waals surface area contributed by atoms with E-state index in [-0.39, 0.29) is 6.10 Å². The standard InChI is InChI=1S/C7H13O3P/c1-3-7(4-2,11(8)9)6-5-10-6/h6H,3-5H2,1-2H3. The van der Waals surface area contributed by atoms with E-state index in [4.69, 9.17) is 4.74 Å². The van der Waals surface area contributed by atoms with Gasteiger partial charge in [-0.1, -0.05) is 18.4 Å². The van der Waals surface area contributed by atoms with Crippen LogP contribution in [0.4, 0.5) is 0 Å². The number of epoxide rings is 1. The first-order valence-corrected chi connectivity index (χ1v) is 5.11. The second kappa shape index (κ2) is 3.18. The van der Waals surface area contributed by atoms with Gasteiger partial charge >= 0.3 is 8.03 Å². The predicted molar refractivity (Wildman–Crippen MR) is 40.7 cm³/mol. The summed E-state index contributed by atoms with van der Waals surface area (Å²) in [6, 6.07) is 0. The highest BCUT2D eigenvalue weighted by atomic mass is 31.1. The summed E-state index contributed by atoms with van der Waals surface area (Å²) >= 11 is 0. The highest BCUT2D eigenvalue weighted by molar-refractivity contribution is 7.38. The molecule has 64 valence electrons. The van der Waals surface area contributed by atoms with Crippen LogP contribution in [-0.2, 0) is 9.30 Å². The van der Waals surface area contributed by atoms with E-state index in [1.807, 2.05) is 13.8 Å². The first-order chi connectivity index (χ1) is 5.17. The van der Waals surface area contributed by atoms with Crippen molar-refractivity contribution in [1.82, 2.24) is 0 Å². The van der Waals surface area contributed by atoms with Crippen molar-refractivity contribution < 1.29 is 14.2 Å². The second-order valence-corrected chi connectivity index (χ2v) is 4.29. The fourth-order valence-corrected chi connectivity index (χ4v) is 2.34. The van der Waals surface area contributed by atoms with Crippen LogP contribution in [0.25, 0.3) is 0 Å². The molecule has 1 aliphatic heterocycles. The lowest BCUT2D eigenvalue weighted by Gasteiger charge is -2.19. The zero-order chi connectivity index (χ0) is 8.48. The minimum absolute atomic E-state index is 0.0291. The smallest absolute Gasteiger partial charge is 0.318 e. The summed E-state index contributed by atoms with van der Waals surface area (Å²) in [6.45, 7) is 4.41. The average Bonchev–Trinajstić information content (AvgIpc) is 2.74. The second-order valence-electron chi connectivity index (χ2n) is 2.89. The molecule has 2 unspecified atom stereocenters. The van der Waals surface area contributed by atoms with Gasteiger partial charge in [0.05, 0.1) is 6.61 Å². The minimum atomic E-state index is -2.35. The molecule has 0 aromatic rings.